The fraction of sp³-hybridized carbons (Fsp3) is 0.273. The smallest absolute Gasteiger partial charge is 0.270 e. The molecule has 0 saturated heterocycles. The number of ether oxygens (including phenoxy) is 2. The first-order valence-corrected chi connectivity index (χ1v) is 10.7. The van der Waals surface area contributed by atoms with Crippen LogP contribution in [0.25, 0.3) is 11.4 Å². The second-order valence-electron chi connectivity index (χ2n) is 6.91. The molecule has 1 aromatic heterocycles. The zero-order chi connectivity index (χ0) is 22.4. The van der Waals surface area contributed by atoms with Crippen molar-refractivity contribution >= 4 is 17.4 Å². The number of para-hydroxylation sites is 1. The topological polar surface area (TPSA) is 92.3 Å². The molecule has 3 aromatic rings. The van der Waals surface area contributed by atoms with Gasteiger partial charge in [0.15, 0.2) is 11.0 Å². The molecule has 1 heterocycles. The van der Waals surface area contributed by atoms with E-state index >= 15 is 0 Å². The number of hydrogen-bond donors (Lipinski definition) is 0. The summed E-state index contributed by atoms with van der Waals surface area (Å²) in [7, 11) is 1.61. The number of allylic oxidation sites excluding steroid dienone is 1. The highest BCUT2D eigenvalue weighted by Crippen LogP contribution is 2.34. The molecular formula is C22H24N4O4S. The number of nitro benzene ring substituents is 1. The third-order valence-electron chi connectivity index (χ3n) is 4.35. The van der Waals surface area contributed by atoms with Gasteiger partial charge in [-0.25, -0.2) is 0 Å². The van der Waals surface area contributed by atoms with E-state index in [-0.39, 0.29) is 11.8 Å². The van der Waals surface area contributed by atoms with E-state index in [1.165, 1.54) is 17.8 Å². The summed E-state index contributed by atoms with van der Waals surface area (Å²) in [6.45, 7) is 8.18. The summed E-state index contributed by atoms with van der Waals surface area (Å²) in [5.74, 6) is 2.42. The Morgan fingerprint density at radius 1 is 1.23 bits per heavy atom. The molecule has 0 bridgehead atoms. The first-order valence-electron chi connectivity index (χ1n) is 9.68. The van der Waals surface area contributed by atoms with E-state index in [1.54, 1.807) is 25.3 Å². The first-order chi connectivity index (χ1) is 14.9. The molecule has 0 radical (unpaired) electrons. The molecule has 0 aliphatic rings. The largest absolute Gasteiger partial charge is 0.496 e. The second-order valence-corrected chi connectivity index (χ2v) is 7.85. The van der Waals surface area contributed by atoms with E-state index in [0.717, 1.165) is 11.1 Å². The molecule has 0 saturated carbocycles. The monoisotopic (exact) mass is 440 g/mol. The lowest BCUT2D eigenvalue weighted by atomic mass is 10.2. The average Bonchev–Trinajstić information content (AvgIpc) is 3.15. The Balaban J connectivity index is 1.93. The van der Waals surface area contributed by atoms with E-state index in [2.05, 4.69) is 16.8 Å². The molecule has 31 heavy (non-hydrogen) atoms. The minimum atomic E-state index is -0.409. The number of nitrogens with zero attached hydrogens (tertiary/aromatic N) is 4. The van der Waals surface area contributed by atoms with Crippen molar-refractivity contribution < 1.29 is 14.4 Å². The van der Waals surface area contributed by atoms with Crippen molar-refractivity contribution in [3.05, 3.63) is 70.8 Å². The summed E-state index contributed by atoms with van der Waals surface area (Å²) in [6, 6.07) is 12.2. The van der Waals surface area contributed by atoms with Crippen molar-refractivity contribution in [2.45, 2.75) is 37.4 Å². The Kier molecular flexibility index (Phi) is 7.30. The predicted molar refractivity (Wildman–Crippen MR) is 121 cm³/mol. The summed E-state index contributed by atoms with van der Waals surface area (Å²) in [5.41, 5.74) is 1.57. The maximum absolute atomic E-state index is 11.2. The van der Waals surface area contributed by atoms with E-state index in [9.17, 15) is 10.1 Å². The summed E-state index contributed by atoms with van der Waals surface area (Å²) in [5, 5.41) is 20.6. The van der Waals surface area contributed by atoms with Crippen LogP contribution in [0.3, 0.4) is 0 Å². The summed E-state index contributed by atoms with van der Waals surface area (Å²) in [4.78, 5) is 10.8. The average molecular weight is 441 g/mol. The molecule has 3 rings (SSSR count). The Hall–Kier alpha value is -3.33. The van der Waals surface area contributed by atoms with Crippen LogP contribution in [0.2, 0.25) is 0 Å². The van der Waals surface area contributed by atoms with Crippen molar-refractivity contribution in [1.82, 2.24) is 14.8 Å². The lowest BCUT2D eigenvalue weighted by molar-refractivity contribution is -0.384. The highest BCUT2D eigenvalue weighted by molar-refractivity contribution is 7.98. The van der Waals surface area contributed by atoms with Gasteiger partial charge >= 0.3 is 0 Å². The van der Waals surface area contributed by atoms with Gasteiger partial charge in [-0.05, 0) is 32.0 Å². The number of benzene rings is 2. The van der Waals surface area contributed by atoms with E-state index in [4.69, 9.17) is 9.47 Å². The Morgan fingerprint density at radius 2 is 2.00 bits per heavy atom. The third-order valence-corrected chi connectivity index (χ3v) is 5.37. The van der Waals surface area contributed by atoms with Crippen LogP contribution in [0.4, 0.5) is 5.69 Å². The van der Waals surface area contributed by atoms with Gasteiger partial charge in [0.05, 0.1) is 23.7 Å². The number of methoxy groups -OCH3 is 1. The van der Waals surface area contributed by atoms with Gasteiger partial charge in [-0.3, -0.25) is 14.7 Å². The highest BCUT2D eigenvalue weighted by Gasteiger charge is 2.19. The molecule has 0 atom stereocenters. The van der Waals surface area contributed by atoms with Crippen LogP contribution in [-0.2, 0) is 12.3 Å². The van der Waals surface area contributed by atoms with Crippen LogP contribution in [0, 0.1) is 10.1 Å². The van der Waals surface area contributed by atoms with Crippen LogP contribution in [0.15, 0.2) is 60.3 Å². The lowest BCUT2D eigenvalue weighted by Gasteiger charge is -2.14. The van der Waals surface area contributed by atoms with Crippen molar-refractivity contribution in [2.24, 2.45) is 0 Å². The number of hydrogen-bond acceptors (Lipinski definition) is 7. The number of thioether (sulfide) groups is 1. The molecule has 0 spiro atoms. The number of non-ortho nitro benzene ring substituents is 1. The molecule has 162 valence electrons. The lowest BCUT2D eigenvalue weighted by Crippen LogP contribution is -2.08. The second kappa shape index (κ2) is 10.1. The van der Waals surface area contributed by atoms with Crippen LogP contribution in [0.5, 0.6) is 11.5 Å². The van der Waals surface area contributed by atoms with Gasteiger partial charge in [0.25, 0.3) is 5.69 Å². The summed E-state index contributed by atoms with van der Waals surface area (Å²) < 4.78 is 13.2. The molecule has 0 N–H and O–H groups in total. The molecule has 0 aliphatic carbocycles. The van der Waals surface area contributed by atoms with Crippen LogP contribution >= 0.6 is 11.8 Å². The minimum absolute atomic E-state index is 0.0222. The van der Waals surface area contributed by atoms with Crippen molar-refractivity contribution in [2.75, 3.05) is 7.11 Å². The SMILES string of the molecule is C=CCn1c(SCc2cc([N+](=O)[O-])ccc2OC(C)C)nnc1-c1ccccc1OC. The Labute approximate surface area is 185 Å². The molecular weight excluding hydrogens is 416 g/mol. The fourth-order valence-corrected chi connectivity index (χ4v) is 3.95. The van der Waals surface area contributed by atoms with Gasteiger partial charge < -0.3 is 9.47 Å². The highest BCUT2D eigenvalue weighted by atomic mass is 32.2. The first kappa shape index (κ1) is 22.4. The minimum Gasteiger partial charge on any atom is -0.496 e. The van der Waals surface area contributed by atoms with Crippen LogP contribution < -0.4 is 9.47 Å². The third kappa shape index (κ3) is 5.24. The summed E-state index contributed by atoms with van der Waals surface area (Å²) >= 11 is 1.43. The maximum atomic E-state index is 11.2. The Morgan fingerprint density at radius 3 is 2.68 bits per heavy atom. The Bertz CT molecular complexity index is 1080. The van der Waals surface area contributed by atoms with Gasteiger partial charge in [0.2, 0.25) is 0 Å². The molecule has 0 amide bonds. The fourth-order valence-electron chi connectivity index (χ4n) is 3.02. The number of rotatable bonds is 10. The molecule has 2 aromatic carbocycles. The van der Waals surface area contributed by atoms with E-state index in [0.29, 0.717) is 34.8 Å². The zero-order valence-corrected chi connectivity index (χ0v) is 18.5. The maximum Gasteiger partial charge on any atom is 0.270 e. The summed E-state index contributed by atoms with van der Waals surface area (Å²) in [6.07, 6.45) is 1.72. The zero-order valence-electron chi connectivity index (χ0n) is 17.6. The van der Waals surface area contributed by atoms with Gasteiger partial charge in [-0.2, -0.15) is 0 Å². The van der Waals surface area contributed by atoms with Gasteiger partial charge in [0.1, 0.15) is 11.5 Å². The number of aromatic nitrogens is 3. The standard InChI is InChI=1S/C22H24N4O4S/c1-5-12-25-21(18-8-6-7-9-20(18)29-4)23-24-22(25)31-14-16-13-17(26(27)28)10-11-19(16)30-15(2)3/h5-11,13,15H,1,12,14H2,2-4H3. The molecule has 0 aliphatic heterocycles. The molecule has 8 nitrogen and oxygen atoms in total. The quantitative estimate of drug-likeness (QED) is 0.187. The number of nitro groups is 1. The molecule has 9 heteroatoms. The van der Waals surface area contributed by atoms with Gasteiger partial charge in [-0.15, -0.1) is 16.8 Å². The molecule has 0 fully saturated rings. The van der Waals surface area contributed by atoms with E-state index < -0.39 is 4.92 Å². The van der Waals surface area contributed by atoms with Gasteiger partial charge in [0, 0.05) is 30.0 Å². The van der Waals surface area contributed by atoms with Crippen molar-refractivity contribution in [3.8, 4) is 22.9 Å². The van der Waals surface area contributed by atoms with Gasteiger partial charge in [-0.1, -0.05) is 30.0 Å². The van der Waals surface area contributed by atoms with Crippen LogP contribution in [-0.4, -0.2) is 32.9 Å². The van der Waals surface area contributed by atoms with Crippen molar-refractivity contribution in [1.29, 1.82) is 0 Å². The predicted octanol–water partition coefficient (Wildman–Crippen LogP) is 5.13. The van der Waals surface area contributed by atoms with Crippen molar-refractivity contribution in [3.63, 3.8) is 0 Å². The molecule has 0 unspecified atom stereocenters. The normalized spacial score (nSPS) is 10.8. The van der Waals surface area contributed by atoms with E-state index in [1.807, 2.05) is 42.7 Å². The van der Waals surface area contributed by atoms with Crippen LogP contribution in [0.1, 0.15) is 19.4 Å².